The van der Waals surface area contributed by atoms with Crippen LogP contribution in [0.5, 0.6) is 0 Å². The molecule has 10 heteroatoms. The zero-order valence-corrected chi connectivity index (χ0v) is 11.6. The van der Waals surface area contributed by atoms with E-state index in [1.165, 1.54) is 0 Å². The molecule has 1 heterocycles. The Morgan fingerprint density at radius 3 is 2.23 bits per heavy atom. The van der Waals surface area contributed by atoms with Crippen molar-refractivity contribution in [1.29, 1.82) is 0 Å². The van der Waals surface area contributed by atoms with Crippen molar-refractivity contribution in [2.45, 2.75) is 44.7 Å². The van der Waals surface area contributed by atoms with Gasteiger partial charge in [-0.25, -0.2) is 4.79 Å². The Morgan fingerprint density at radius 2 is 1.68 bits per heavy atom. The zero-order valence-electron chi connectivity index (χ0n) is 11.6. The Hall–Kier alpha value is -2.13. The smallest absolute Gasteiger partial charge is 0.348 e. The molecule has 1 N–H and O–H groups in total. The van der Waals surface area contributed by atoms with E-state index in [-0.39, 0.29) is 32.2 Å². The lowest BCUT2D eigenvalue weighted by Crippen LogP contribution is -2.37. The van der Waals surface area contributed by atoms with Crippen molar-refractivity contribution in [2.75, 3.05) is 6.54 Å². The van der Waals surface area contributed by atoms with Gasteiger partial charge in [0.15, 0.2) is 0 Å². The SMILES string of the molecule is O=C(CCCCCNC(=O)C(F)(F)F)ON1C(=O)CCC1=O. The van der Waals surface area contributed by atoms with Crippen molar-refractivity contribution in [3.63, 3.8) is 0 Å². The second kappa shape index (κ2) is 7.76. The number of unbranched alkanes of at least 4 members (excludes halogenated alkanes) is 2. The number of carbonyl (C=O) groups is 4. The van der Waals surface area contributed by atoms with Gasteiger partial charge in [-0.2, -0.15) is 13.2 Å². The van der Waals surface area contributed by atoms with Crippen LogP contribution in [0.1, 0.15) is 38.5 Å². The maximum atomic E-state index is 11.9. The molecule has 0 bridgehead atoms. The molecule has 0 aliphatic carbocycles. The van der Waals surface area contributed by atoms with Crippen LogP contribution < -0.4 is 5.32 Å². The third kappa shape index (κ3) is 5.70. The van der Waals surface area contributed by atoms with Crippen LogP contribution >= 0.6 is 0 Å². The van der Waals surface area contributed by atoms with Gasteiger partial charge in [0, 0.05) is 25.8 Å². The molecule has 1 saturated heterocycles. The molecular formula is C12H15F3N2O5. The highest BCUT2D eigenvalue weighted by Gasteiger charge is 2.38. The summed E-state index contributed by atoms with van der Waals surface area (Å²) in [5.41, 5.74) is 0. The lowest BCUT2D eigenvalue weighted by Gasteiger charge is -2.12. The minimum Gasteiger partial charge on any atom is -0.348 e. The summed E-state index contributed by atoms with van der Waals surface area (Å²) in [6.07, 6.45) is -4.03. The van der Waals surface area contributed by atoms with E-state index in [0.29, 0.717) is 17.9 Å². The molecule has 0 aromatic rings. The molecule has 0 unspecified atom stereocenters. The first-order valence-corrected chi connectivity index (χ1v) is 6.63. The number of nitrogens with zero attached hydrogens (tertiary/aromatic N) is 1. The molecule has 7 nitrogen and oxygen atoms in total. The van der Waals surface area contributed by atoms with Gasteiger partial charge in [0.25, 0.3) is 11.8 Å². The Bertz CT molecular complexity index is 448. The second-order valence-corrected chi connectivity index (χ2v) is 4.61. The normalized spacial score (nSPS) is 15.1. The molecule has 1 aliphatic rings. The largest absolute Gasteiger partial charge is 0.471 e. The zero-order chi connectivity index (χ0) is 16.8. The standard InChI is InChI=1S/C12H15F3N2O5/c13-12(14,15)11(21)16-7-3-1-2-4-10(20)22-17-8(18)5-6-9(17)19/h1-7H2,(H,16,21). The van der Waals surface area contributed by atoms with Crippen molar-refractivity contribution in [3.8, 4) is 0 Å². The average molecular weight is 324 g/mol. The van der Waals surface area contributed by atoms with Gasteiger partial charge in [-0.3, -0.25) is 14.4 Å². The number of alkyl halides is 3. The summed E-state index contributed by atoms with van der Waals surface area (Å²) in [5, 5.41) is 2.14. The first kappa shape index (κ1) is 17.9. The number of halogens is 3. The van der Waals surface area contributed by atoms with Crippen LogP contribution in [-0.4, -0.2) is 41.5 Å². The first-order chi connectivity index (χ1) is 10.2. The first-order valence-electron chi connectivity index (χ1n) is 6.63. The van der Waals surface area contributed by atoms with Crippen molar-refractivity contribution in [3.05, 3.63) is 0 Å². The van der Waals surface area contributed by atoms with Gasteiger partial charge < -0.3 is 10.2 Å². The summed E-state index contributed by atoms with van der Waals surface area (Å²) in [5.74, 6) is -3.91. The summed E-state index contributed by atoms with van der Waals surface area (Å²) < 4.78 is 35.6. The molecule has 1 rings (SSSR count). The number of amides is 3. The monoisotopic (exact) mass is 324 g/mol. The molecular weight excluding hydrogens is 309 g/mol. The maximum Gasteiger partial charge on any atom is 0.471 e. The van der Waals surface area contributed by atoms with Crippen LogP contribution in [0, 0.1) is 0 Å². The molecule has 1 fully saturated rings. The van der Waals surface area contributed by atoms with Gasteiger partial charge >= 0.3 is 18.1 Å². The highest BCUT2D eigenvalue weighted by molar-refractivity contribution is 6.01. The lowest BCUT2D eigenvalue weighted by atomic mass is 10.2. The fourth-order valence-corrected chi connectivity index (χ4v) is 1.68. The van der Waals surface area contributed by atoms with E-state index in [9.17, 15) is 32.3 Å². The van der Waals surface area contributed by atoms with Gasteiger partial charge in [-0.15, -0.1) is 5.06 Å². The summed E-state index contributed by atoms with van der Waals surface area (Å²) in [6, 6.07) is 0. The van der Waals surface area contributed by atoms with E-state index < -0.39 is 29.9 Å². The molecule has 22 heavy (non-hydrogen) atoms. The van der Waals surface area contributed by atoms with Crippen molar-refractivity contribution >= 4 is 23.7 Å². The van der Waals surface area contributed by atoms with Gasteiger partial charge in [0.1, 0.15) is 0 Å². The fourth-order valence-electron chi connectivity index (χ4n) is 1.68. The predicted octanol–water partition coefficient (Wildman–Crippen LogP) is 0.832. The number of hydroxylamine groups is 2. The van der Waals surface area contributed by atoms with E-state index in [0.717, 1.165) is 0 Å². The van der Waals surface area contributed by atoms with E-state index in [1.807, 2.05) is 0 Å². The number of rotatable bonds is 7. The lowest BCUT2D eigenvalue weighted by molar-refractivity contribution is -0.197. The molecule has 0 radical (unpaired) electrons. The van der Waals surface area contributed by atoms with Crippen LogP contribution in [-0.2, 0) is 24.0 Å². The van der Waals surface area contributed by atoms with Crippen LogP contribution in [0.4, 0.5) is 13.2 Å². The molecule has 0 aromatic heterocycles. The van der Waals surface area contributed by atoms with E-state index in [2.05, 4.69) is 4.84 Å². The van der Waals surface area contributed by atoms with Crippen LogP contribution in [0.3, 0.4) is 0 Å². The number of hydrogen-bond acceptors (Lipinski definition) is 5. The molecule has 124 valence electrons. The topological polar surface area (TPSA) is 92.8 Å². The van der Waals surface area contributed by atoms with Gasteiger partial charge in [0.05, 0.1) is 0 Å². The summed E-state index contributed by atoms with van der Waals surface area (Å²) in [4.78, 5) is 48.8. The van der Waals surface area contributed by atoms with Crippen molar-refractivity contribution in [2.24, 2.45) is 0 Å². The fraction of sp³-hybridized carbons (Fsp3) is 0.667. The molecule has 0 atom stereocenters. The summed E-state index contributed by atoms with van der Waals surface area (Å²) in [7, 11) is 0. The minimum atomic E-state index is -4.90. The molecule has 0 saturated carbocycles. The highest BCUT2D eigenvalue weighted by atomic mass is 19.4. The summed E-state index contributed by atoms with van der Waals surface area (Å²) in [6.45, 7) is -0.156. The molecule has 0 aromatic carbocycles. The Balaban J connectivity index is 2.10. The quantitative estimate of drug-likeness (QED) is 0.553. The molecule has 0 spiro atoms. The van der Waals surface area contributed by atoms with E-state index in [1.54, 1.807) is 5.32 Å². The van der Waals surface area contributed by atoms with Crippen LogP contribution in [0.15, 0.2) is 0 Å². The predicted molar refractivity (Wildman–Crippen MR) is 64.7 cm³/mol. The number of nitrogens with one attached hydrogen (secondary N) is 1. The Morgan fingerprint density at radius 1 is 1.09 bits per heavy atom. The third-order valence-electron chi connectivity index (χ3n) is 2.80. The highest BCUT2D eigenvalue weighted by Crippen LogP contribution is 2.15. The van der Waals surface area contributed by atoms with Gasteiger partial charge in [-0.1, -0.05) is 6.42 Å². The second-order valence-electron chi connectivity index (χ2n) is 4.61. The molecule has 3 amide bonds. The number of carbonyl (C=O) groups excluding carboxylic acids is 4. The van der Waals surface area contributed by atoms with Crippen LogP contribution in [0.2, 0.25) is 0 Å². The van der Waals surface area contributed by atoms with Crippen LogP contribution in [0.25, 0.3) is 0 Å². The van der Waals surface area contributed by atoms with E-state index >= 15 is 0 Å². The molecule has 1 aliphatic heterocycles. The Labute approximate surface area is 123 Å². The minimum absolute atomic E-state index is 0.00498. The number of imide groups is 1. The van der Waals surface area contributed by atoms with Crippen molar-refractivity contribution < 1.29 is 37.2 Å². The summed E-state index contributed by atoms with van der Waals surface area (Å²) >= 11 is 0. The average Bonchev–Trinajstić information content (AvgIpc) is 2.73. The van der Waals surface area contributed by atoms with Gasteiger partial charge in [0.2, 0.25) is 0 Å². The number of hydrogen-bond donors (Lipinski definition) is 1. The van der Waals surface area contributed by atoms with Gasteiger partial charge in [-0.05, 0) is 12.8 Å². The third-order valence-corrected chi connectivity index (χ3v) is 2.80. The Kier molecular flexibility index (Phi) is 6.32. The van der Waals surface area contributed by atoms with E-state index in [4.69, 9.17) is 0 Å². The van der Waals surface area contributed by atoms with Crippen molar-refractivity contribution in [1.82, 2.24) is 10.4 Å². The maximum absolute atomic E-state index is 11.9.